The SMILES string of the molecule is CCOc1ccc(-c2ccc(C3CCC(/C=C/CCc4ccc(C)cc4)CC3)cc2)c(F)c1F. The first-order valence-corrected chi connectivity index (χ1v) is 12.5. The summed E-state index contributed by atoms with van der Waals surface area (Å²) in [5, 5.41) is 0. The second-order valence-electron chi connectivity index (χ2n) is 9.36. The summed E-state index contributed by atoms with van der Waals surface area (Å²) < 4.78 is 33.9. The van der Waals surface area contributed by atoms with Crippen LogP contribution in [0.5, 0.6) is 5.75 Å². The summed E-state index contributed by atoms with van der Waals surface area (Å²) in [7, 11) is 0. The van der Waals surface area contributed by atoms with Crippen LogP contribution in [-0.2, 0) is 6.42 Å². The minimum atomic E-state index is -0.923. The molecule has 0 atom stereocenters. The largest absolute Gasteiger partial charge is 0.491 e. The van der Waals surface area contributed by atoms with Crippen molar-refractivity contribution in [2.24, 2.45) is 5.92 Å². The molecule has 0 unspecified atom stereocenters. The smallest absolute Gasteiger partial charge is 0.201 e. The van der Waals surface area contributed by atoms with E-state index in [-0.39, 0.29) is 11.3 Å². The topological polar surface area (TPSA) is 9.23 Å². The molecule has 1 aliphatic rings. The fraction of sp³-hybridized carbons (Fsp3) is 0.355. The molecule has 1 fully saturated rings. The first-order chi connectivity index (χ1) is 16.5. The van der Waals surface area contributed by atoms with E-state index in [1.54, 1.807) is 13.0 Å². The zero-order valence-corrected chi connectivity index (χ0v) is 20.2. The van der Waals surface area contributed by atoms with Gasteiger partial charge in [-0.05, 0) is 93.0 Å². The molecule has 0 aliphatic heterocycles. The molecule has 0 radical (unpaired) electrons. The molecule has 0 aromatic heterocycles. The van der Waals surface area contributed by atoms with E-state index in [1.807, 2.05) is 12.1 Å². The lowest BCUT2D eigenvalue weighted by atomic mass is 9.78. The van der Waals surface area contributed by atoms with E-state index < -0.39 is 11.6 Å². The van der Waals surface area contributed by atoms with Crippen molar-refractivity contribution in [2.75, 3.05) is 6.61 Å². The van der Waals surface area contributed by atoms with Crippen molar-refractivity contribution in [1.29, 1.82) is 0 Å². The summed E-state index contributed by atoms with van der Waals surface area (Å²) in [6.07, 6.45) is 11.7. The van der Waals surface area contributed by atoms with Crippen LogP contribution in [0.2, 0.25) is 0 Å². The minimum Gasteiger partial charge on any atom is -0.491 e. The Bertz CT molecular complexity index is 1090. The molecule has 0 N–H and O–H groups in total. The summed E-state index contributed by atoms with van der Waals surface area (Å²) in [6.45, 7) is 4.17. The van der Waals surface area contributed by atoms with Gasteiger partial charge in [0.2, 0.25) is 5.82 Å². The Hall–Kier alpha value is -2.94. The molecule has 1 saturated carbocycles. The average Bonchev–Trinajstić information content (AvgIpc) is 2.87. The normalized spacial score (nSPS) is 18.4. The number of aryl methyl sites for hydroxylation is 2. The van der Waals surface area contributed by atoms with Gasteiger partial charge in [0.05, 0.1) is 6.61 Å². The van der Waals surface area contributed by atoms with Gasteiger partial charge in [0.1, 0.15) is 0 Å². The van der Waals surface area contributed by atoms with Crippen LogP contribution < -0.4 is 4.74 Å². The lowest BCUT2D eigenvalue weighted by Crippen LogP contribution is -2.11. The van der Waals surface area contributed by atoms with Gasteiger partial charge >= 0.3 is 0 Å². The zero-order chi connectivity index (χ0) is 23.9. The molecular formula is C31H34F2O. The van der Waals surface area contributed by atoms with E-state index in [0.717, 1.165) is 12.8 Å². The zero-order valence-electron chi connectivity index (χ0n) is 20.2. The Labute approximate surface area is 202 Å². The fourth-order valence-electron chi connectivity index (χ4n) is 4.89. The Morgan fingerprint density at radius 3 is 2.24 bits per heavy atom. The van der Waals surface area contributed by atoms with E-state index in [2.05, 4.69) is 55.5 Å². The molecular weight excluding hydrogens is 426 g/mol. The number of rotatable bonds is 8. The molecule has 3 aromatic carbocycles. The maximum Gasteiger partial charge on any atom is 0.201 e. The number of halogens is 2. The molecule has 0 heterocycles. The highest BCUT2D eigenvalue weighted by molar-refractivity contribution is 5.65. The Morgan fingerprint density at radius 1 is 0.853 bits per heavy atom. The van der Waals surface area contributed by atoms with Crippen molar-refractivity contribution in [3.05, 3.63) is 101 Å². The maximum atomic E-state index is 14.5. The molecule has 0 saturated heterocycles. The van der Waals surface area contributed by atoms with Crippen molar-refractivity contribution in [1.82, 2.24) is 0 Å². The molecule has 1 aliphatic carbocycles. The average molecular weight is 461 g/mol. The van der Waals surface area contributed by atoms with E-state index in [4.69, 9.17) is 4.74 Å². The second-order valence-corrected chi connectivity index (χ2v) is 9.36. The Morgan fingerprint density at radius 2 is 1.56 bits per heavy atom. The van der Waals surface area contributed by atoms with Crippen molar-refractivity contribution in [3.63, 3.8) is 0 Å². The third-order valence-electron chi connectivity index (χ3n) is 6.94. The highest BCUT2D eigenvalue weighted by Gasteiger charge is 2.21. The molecule has 3 heteroatoms. The molecule has 0 spiro atoms. The van der Waals surface area contributed by atoms with Crippen LogP contribution in [0.25, 0.3) is 11.1 Å². The van der Waals surface area contributed by atoms with Gasteiger partial charge in [-0.25, -0.2) is 4.39 Å². The standard InChI is InChI=1S/C31H34F2O/c1-3-34-29-21-20-28(30(32)31(29)33)27-18-16-26(17-19-27)25-14-12-24(13-15-25)7-5-4-6-23-10-8-22(2)9-11-23/h5,7-11,16-21,24-25H,3-4,6,12-15H2,1-2H3/b7-5+. The summed E-state index contributed by atoms with van der Waals surface area (Å²) in [4.78, 5) is 0. The minimum absolute atomic E-state index is 0.0404. The molecule has 34 heavy (non-hydrogen) atoms. The van der Waals surface area contributed by atoms with E-state index in [9.17, 15) is 8.78 Å². The van der Waals surface area contributed by atoms with Gasteiger partial charge in [-0.15, -0.1) is 0 Å². The van der Waals surface area contributed by atoms with Crippen molar-refractivity contribution >= 4 is 0 Å². The van der Waals surface area contributed by atoms with Crippen LogP contribution in [0.4, 0.5) is 8.78 Å². The van der Waals surface area contributed by atoms with E-state index in [1.165, 1.54) is 48.4 Å². The van der Waals surface area contributed by atoms with E-state index in [0.29, 0.717) is 24.0 Å². The molecule has 0 bridgehead atoms. The van der Waals surface area contributed by atoms with Gasteiger partial charge < -0.3 is 4.74 Å². The van der Waals surface area contributed by atoms with Crippen molar-refractivity contribution < 1.29 is 13.5 Å². The lowest BCUT2D eigenvalue weighted by Gasteiger charge is -2.27. The molecule has 1 nitrogen and oxygen atoms in total. The summed E-state index contributed by atoms with van der Waals surface area (Å²) in [6, 6.07) is 19.9. The van der Waals surface area contributed by atoms with Gasteiger partial charge in [-0.2, -0.15) is 4.39 Å². The Balaban J connectivity index is 1.29. The number of hydrogen-bond acceptors (Lipinski definition) is 1. The molecule has 4 rings (SSSR count). The van der Waals surface area contributed by atoms with Crippen molar-refractivity contribution in [2.45, 2.75) is 58.3 Å². The number of hydrogen-bond donors (Lipinski definition) is 0. The maximum absolute atomic E-state index is 14.5. The quantitative estimate of drug-likeness (QED) is 0.305. The van der Waals surface area contributed by atoms with Crippen LogP contribution in [0.15, 0.2) is 72.8 Å². The predicted molar refractivity (Wildman–Crippen MR) is 136 cm³/mol. The van der Waals surface area contributed by atoms with Crippen LogP contribution in [0.1, 0.15) is 61.6 Å². The first kappa shape index (κ1) is 24.2. The van der Waals surface area contributed by atoms with Crippen LogP contribution >= 0.6 is 0 Å². The number of allylic oxidation sites excluding steroid dienone is 2. The molecule has 0 amide bonds. The number of benzene rings is 3. The summed E-state index contributed by atoms with van der Waals surface area (Å²) >= 11 is 0. The first-order valence-electron chi connectivity index (χ1n) is 12.5. The monoisotopic (exact) mass is 460 g/mol. The van der Waals surface area contributed by atoms with E-state index >= 15 is 0 Å². The lowest BCUT2D eigenvalue weighted by molar-refractivity contribution is 0.314. The Kier molecular flexibility index (Phi) is 8.16. The van der Waals surface area contributed by atoms with Crippen LogP contribution in [-0.4, -0.2) is 6.61 Å². The predicted octanol–water partition coefficient (Wildman–Crippen LogP) is 8.80. The molecule has 178 valence electrons. The molecule has 3 aromatic rings. The third kappa shape index (κ3) is 5.94. The fourth-order valence-corrected chi connectivity index (χ4v) is 4.89. The van der Waals surface area contributed by atoms with Gasteiger partial charge in [-0.3, -0.25) is 0 Å². The van der Waals surface area contributed by atoms with Crippen molar-refractivity contribution in [3.8, 4) is 16.9 Å². The third-order valence-corrected chi connectivity index (χ3v) is 6.94. The van der Waals surface area contributed by atoms with Gasteiger partial charge in [0.25, 0.3) is 0 Å². The highest BCUT2D eigenvalue weighted by atomic mass is 19.2. The van der Waals surface area contributed by atoms with Gasteiger partial charge in [-0.1, -0.05) is 66.2 Å². The summed E-state index contributed by atoms with van der Waals surface area (Å²) in [5.41, 5.74) is 4.95. The second kappa shape index (κ2) is 11.5. The van der Waals surface area contributed by atoms with Crippen LogP contribution in [0.3, 0.4) is 0 Å². The van der Waals surface area contributed by atoms with Crippen LogP contribution in [0, 0.1) is 24.5 Å². The van der Waals surface area contributed by atoms with Gasteiger partial charge in [0, 0.05) is 5.56 Å². The summed E-state index contributed by atoms with van der Waals surface area (Å²) in [5.74, 6) is -0.619. The van der Waals surface area contributed by atoms with Gasteiger partial charge in [0.15, 0.2) is 11.6 Å². The highest BCUT2D eigenvalue weighted by Crippen LogP contribution is 2.37. The number of ether oxygens (including phenoxy) is 1.